The number of carbonyl (C=O) groups is 1. The maximum atomic E-state index is 12.3. The minimum Gasteiger partial charge on any atom is -0.336 e. The van der Waals surface area contributed by atoms with Gasteiger partial charge in [0.15, 0.2) is 5.69 Å². The summed E-state index contributed by atoms with van der Waals surface area (Å²) >= 11 is 0. The molecule has 1 aliphatic heterocycles. The maximum absolute atomic E-state index is 12.3. The molecule has 6 heteroatoms. The predicted octanol–water partition coefficient (Wildman–Crippen LogP) is 0.831. The molecule has 0 saturated carbocycles. The minimum atomic E-state index is -0.0951. The zero-order valence-electron chi connectivity index (χ0n) is 11.1. The highest BCUT2D eigenvalue weighted by atomic mass is 16.2. The fourth-order valence-electron chi connectivity index (χ4n) is 2.40. The van der Waals surface area contributed by atoms with Gasteiger partial charge in [-0.1, -0.05) is 18.2 Å². The van der Waals surface area contributed by atoms with Crippen LogP contribution < -0.4 is 5.73 Å². The second kappa shape index (κ2) is 5.42. The van der Waals surface area contributed by atoms with Gasteiger partial charge in [0.1, 0.15) is 0 Å². The van der Waals surface area contributed by atoms with Gasteiger partial charge in [0.25, 0.3) is 5.91 Å². The Labute approximate surface area is 117 Å². The van der Waals surface area contributed by atoms with Crippen LogP contribution in [0.3, 0.4) is 0 Å². The molecule has 0 aliphatic carbocycles. The fourth-order valence-corrected chi connectivity index (χ4v) is 2.40. The molecular formula is C14H17N5O. The summed E-state index contributed by atoms with van der Waals surface area (Å²) < 4.78 is 0. The van der Waals surface area contributed by atoms with E-state index in [-0.39, 0.29) is 11.9 Å². The lowest BCUT2D eigenvalue weighted by atomic mass is 10.1. The molecule has 6 nitrogen and oxygen atoms in total. The fraction of sp³-hybridized carbons (Fsp3) is 0.357. The molecule has 3 rings (SSSR count). The molecule has 0 bridgehead atoms. The molecule has 1 aliphatic rings. The highest BCUT2D eigenvalue weighted by molar-refractivity contribution is 5.92. The highest BCUT2D eigenvalue weighted by Gasteiger charge is 2.24. The topological polar surface area (TPSA) is 77.0 Å². The molecule has 104 valence electrons. The molecule has 2 N–H and O–H groups in total. The summed E-state index contributed by atoms with van der Waals surface area (Å²) in [5.41, 5.74) is 7.10. The van der Waals surface area contributed by atoms with Gasteiger partial charge >= 0.3 is 0 Å². The second-order valence-corrected chi connectivity index (χ2v) is 5.01. The van der Waals surface area contributed by atoms with Crippen LogP contribution in [0, 0.1) is 0 Å². The van der Waals surface area contributed by atoms with Crippen LogP contribution in [0.15, 0.2) is 36.5 Å². The summed E-state index contributed by atoms with van der Waals surface area (Å²) in [7, 11) is 0. The third-order valence-corrected chi connectivity index (χ3v) is 3.44. The molecule has 2 heterocycles. The number of aromatic nitrogens is 3. The molecule has 2 aromatic rings. The first-order valence-electron chi connectivity index (χ1n) is 6.76. The molecular weight excluding hydrogens is 254 g/mol. The van der Waals surface area contributed by atoms with Crippen molar-refractivity contribution in [2.24, 2.45) is 5.73 Å². The van der Waals surface area contributed by atoms with E-state index in [0.29, 0.717) is 12.2 Å². The summed E-state index contributed by atoms with van der Waals surface area (Å²) in [6.45, 7) is 1.34. The van der Waals surface area contributed by atoms with Crippen LogP contribution in [0.1, 0.15) is 23.3 Å². The lowest BCUT2D eigenvalue weighted by Gasteiger charge is -2.30. The van der Waals surface area contributed by atoms with E-state index < -0.39 is 0 Å². The normalized spacial score (nSPS) is 19.1. The van der Waals surface area contributed by atoms with E-state index in [4.69, 9.17) is 5.73 Å². The van der Waals surface area contributed by atoms with E-state index in [1.807, 2.05) is 30.3 Å². The van der Waals surface area contributed by atoms with Crippen LogP contribution in [-0.2, 0) is 0 Å². The molecule has 0 unspecified atom stereocenters. The highest BCUT2D eigenvalue weighted by Crippen LogP contribution is 2.12. The third-order valence-electron chi connectivity index (χ3n) is 3.44. The quantitative estimate of drug-likeness (QED) is 0.877. The first kappa shape index (κ1) is 12.8. The standard InChI is InChI=1S/C14H17N5O/c15-11-5-4-8-18(10-11)14(20)13-9-16-19(17-13)12-6-2-1-3-7-12/h1-3,6-7,9,11H,4-5,8,10,15H2/t11-/m1/s1. The lowest BCUT2D eigenvalue weighted by Crippen LogP contribution is -2.45. The van der Waals surface area contributed by atoms with Gasteiger partial charge in [-0.2, -0.15) is 9.90 Å². The van der Waals surface area contributed by atoms with Gasteiger partial charge in [-0.25, -0.2) is 0 Å². The number of nitrogens with two attached hydrogens (primary N) is 1. The van der Waals surface area contributed by atoms with Crippen molar-refractivity contribution in [1.82, 2.24) is 19.9 Å². The van der Waals surface area contributed by atoms with Crippen LogP contribution in [0.25, 0.3) is 5.69 Å². The van der Waals surface area contributed by atoms with Crippen LogP contribution in [0.2, 0.25) is 0 Å². The Morgan fingerprint density at radius 3 is 2.85 bits per heavy atom. The monoisotopic (exact) mass is 271 g/mol. The maximum Gasteiger partial charge on any atom is 0.276 e. The second-order valence-electron chi connectivity index (χ2n) is 5.01. The lowest BCUT2D eigenvalue weighted by molar-refractivity contribution is 0.0702. The Bertz CT molecular complexity index is 595. The van der Waals surface area contributed by atoms with Crippen molar-refractivity contribution in [2.45, 2.75) is 18.9 Å². The summed E-state index contributed by atoms with van der Waals surface area (Å²) in [5.74, 6) is -0.0951. The largest absolute Gasteiger partial charge is 0.336 e. The number of carbonyl (C=O) groups excluding carboxylic acids is 1. The van der Waals surface area contributed by atoms with Crippen LogP contribution in [-0.4, -0.2) is 44.9 Å². The smallest absolute Gasteiger partial charge is 0.276 e. The Hall–Kier alpha value is -2.21. The van der Waals surface area contributed by atoms with Crippen molar-refractivity contribution in [2.75, 3.05) is 13.1 Å². The van der Waals surface area contributed by atoms with Gasteiger partial charge in [-0.3, -0.25) is 4.79 Å². The van der Waals surface area contributed by atoms with Gasteiger partial charge in [0.05, 0.1) is 11.9 Å². The summed E-state index contributed by atoms with van der Waals surface area (Å²) in [5, 5.41) is 8.40. The van der Waals surface area contributed by atoms with Gasteiger partial charge in [0, 0.05) is 19.1 Å². The van der Waals surface area contributed by atoms with Crippen LogP contribution >= 0.6 is 0 Å². The Kier molecular flexibility index (Phi) is 3.47. The van der Waals surface area contributed by atoms with E-state index in [9.17, 15) is 4.79 Å². The molecule has 1 amide bonds. The Morgan fingerprint density at radius 2 is 2.10 bits per heavy atom. The zero-order valence-corrected chi connectivity index (χ0v) is 11.1. The van der Waals surface area contributed by atoms with E-state index >= 15 is 0 Å². The number of nitrogens with zero attached hydrogens (tertiary/aromatic N) is 4. The van der Waals surface area contributed by atoms with Gasteiger partial charge in [-0.15, -0.1) is 5.10 Å². The third kappa shape index (κ3) is 2.55. The Morgan fingerprint density at radius 1 is 1.30 bits per heavy atom. The van der Waals surface area contributed by atoms with Crippen molar-refractivity contribution >= 4 is 5.91 Å². The molecule has 0 radical (unpaired) electrons. The number of hydrogen-bond acceptors (Lipinski definition) is 4. The van der Waals surface area contributed by atoms with E-state index in [1.165, 1.54) is 11.0 Å². The number of piperidine rings is 1. The van der Waals surface area contributed by atoms with Crippen molar-refractivity contribution in [3.05, 3.63) is 42.2 Å². The minimum absolute atomic E-state index is 0.0665. The molecule has 1 aromatic heterocycles. The number of para-hydroxylation sites is 1. The number of hydrogen-bond donors (Lipinski definition) is 1. The molecule has 0 spiro atoms. The number of likely N-dealkylation sites (tertiary alicyclic amines) is 1. The van der Waals surface area contributed by atoms with Crippen molar-refractivity contribution < 1.29 is 4.79 Å². The molecule has 20 heavy (non-hydrogen) atoms. The molecule has 1 aromatic carbocycles. The van der Waals surface area contributed by atoms with Crippen molar-refractivity contribution in [1.29, 1.82) is 0 Å². The SMILES string of the molecule is N[C@@H]1CCCN(C(=O)c2cnn(-c3ccccc3)n2)C1. The summed E-state index contributed by atoms with van der Waals surface area (Å²) in [6, 6.07) is 9.59. The van der Waals surface area contributed by atoms with Crippen molar-refractivity contribution in [3.63, 3.8) is 0 Å². The average molecular weight is 271 g/mol. The van der Waals surface area contributed by atoms with E-state index in [0.717, 1.165) is 25.1 Å². The number of amides is 1. The van der Waals surface area contributed by atoms with Crippen molar-refractivity contribution in [3.8, 4) is 5.69 Å². The summed E-state index contributed by atoms with van der Waals surface area (Å²) in [4.78, 5) is 15.6. The van der Waals surface area contributed by atoms with Crippen LogP contribution in [0.4, 0.5) is 0 Å². The zero-order chi connectivity index (χ0) is 13.9. The van der Waals surface area contributed by atoms with E-state index in [2.05, 4.69) is 10.2 Å². The van der Waals surface area contributed by atoms with E-state index in [1.54, 1.807) is 4.90 Å². The summed E-state index contributed by atoms with van der Waals surface area (Å²) in [6.07, 6.45) is 3.43. The van der Waals surface area contributed by atoms with Crippen LogP contribution in [0.5, 0.6) is 0 Å². The first-order chi connectivity index (χ1) is 9.74. The predicted molar refractivity (Wildman–Crippen MR) is 74.5 cm³/mol. The molecule has 1 saturated heterocycles. The number of rotatable bonds is 2. The molecule has 1 fully saturated rings. The first-order valence-corrected chi connectivity index (χ1v) is 6.76. The van der Waals surface area contributed by atoms with Gasteiger partial charge in [0.2, 0.25) is 0 Å². The number of benzene rings is 1. The van der Waals surface area contributed by atoms with Gasteiger partial charge in [-0.05, 0) is 25.0 Å². The molecule has 1 atom stereocenters. The Balaban J connectivity index is 1.78. The average Bonchev–Trinajstić information content (AvgIpc) is 2.97. The van der Waals surface area contributed by atoms with Gasteiger partial charge < -0.3 is 10.6 Å².